The van der Waals surface area contributed by atoms with Crippen molar-refractivity contribution in [2.24, 2.45) is 0 Å². The van der Waals surface area contributed by atoms with Gasteiger partial charge in [-0.1, -0.05) is 54.6 Å². The zero-order chi connectivity index (χ0) is 24.7. The number of nitrogens with one attached hydrogen (secondary N) is 1. The third-order valence-electron chi connectivity index (χ3n) is 5.73. The number of alkyl halides is 3. The lowest BCUT2D eigenvalue weighted by atomic mass is 9.95. The molecule has 2 N–H and O–H groups in total. The van der Waals surface area contributed by atoms with Gasteiger partial charge in [-0.3, -0.25) is 14.5 Å². The van der Waals surface area contributed by atoms with E-state index in [1.807, 2.05) is 6.07 Å². The molecule has 0 bridgehead atoms. The molecular weight excluding hydrogens is 461 g/mol. The maximum Gasteiger partial charge on any atom is 0.573 e. The van der Waals surface area contributed by atoms with Gasteiger partial charge in [0.15, 0.2) is 0 Å². The molecule has 1 aromatic heterocycles. The number of H-pyrrole nitrogens is 1. The lowest BCUT2D eigenvalue weighted by Crippen LogP contribution is -2.29. The number of aliphatic hydroxyl groups excluding tert-OH is 1. The summed E-state index contributed by atoms with van der Waals surface area (Å²) in [6, 6.07) is 19.3. The largest absolute Gasteiger partial charge is 0.573 e. The quantitative estimate of drug-likeness (QED) is 0.224. The van der Waals surface area contributed by atoms with E-state index in [9.17, 15) is 27.9 Å². The lowest BCUT2D eigenvalue weighted by molar-refractivity contribution is -0.274. The van der Waals surface area contributed by atoms with Gasteiger partial charge >= 0.3 is 6.36 Å². The van der Waals surface area contributed by atoms with E-state index in [-0.39, 0.29) is 17.0 Å². The van der Waals surface area contributed by atoms with Crippen molar-refractivity contribution >= 4 is 34.0 Å². The minimum Gasteiger partial charge on any atom is -0.507 e. The molecule has 0 saturated carbocycles. The normalized spacial score (nSPS) is 17.8. The summed E-state index contributed by atoms with van der Waals surface area (Å²) in [7, 11) is 0. The molecular formula is C26H17F3N2O4. The molecule has 176 valence electrons. The van der Waals surface area contributed by atoms with Crippen LogP contribution in [0.5, 0.6) is 5.75 Å². The Bertz CT molecular complexity index is 1470. The highest BCUT2D eigenvalue weighted by molar-refractivity contribution is 6.51. The van der Waals surface area contributed by atoms with E-state index in [2.05, 4.69) is 9.72 Å². The highest BCUT2D eigenvalue weighted by Crippen LogP contribution is 2.43. The number of anilines is 1. The van der Waals surface area contributed by atoms with E-state index in [4.69, 9.17) is 0 Å². The fraction of sp³-hybridized carbons (Fsp3) is 0.0769. The molecule has 1 aliphatic heterocycles. The Morgan fingerprint density at radius 3 is 2.40 bits per heavy atom. The first-order chi connectivity index (χ1) is 16.7. The van der Waals surface area contributed by atoms with E-state index in [1.54, 1.807) is 48.5 Å². The molecule has 9 heteroatoms. The van der Waals surface area contributed by atoms with Gasteiger partial charge < -0.3 is 14.8 Å². The second-order valence-corrected chi connectivity index (χ2v) is 7.87. The van der Waals surface area contributed by atoms with Crippen LogP contribution in [0, 0.1) is 0 Å². The highest BCUT2D eigenvalue weighted by atomic mass is 19.4. The summed E-state index contributed by atoms with van der Waals surface area (Å²) in [5, 5.41) is 11.9. The number of nitrogens with zero attached hydrogens (tertiary/aromatic N) is 1. The number of para-hydroxylation sites is 1. The molecule has 1 amide bonds. The average Bonchev–Trinajstić information content (AvgIpc) is 3.37. The summed E-state index contributed by atoms with van der Waals surface area (Å²) in [5.74, 6) is -2.87. The van der Waals surface area contributed by atoms with Crippen molar-refractivity contribution in [3.63, 3.8) is 0 Å². The number of carbonyl (C=O) groups is 2. The van der Waals surface area contributed by atoms with E-state index < -0.39 is 29.8 Å². The lowest BCUT2D eigenvalue weighted by Gasteiger charge is -2.25. The SMILES string of the molecule is O=C1C(=O)N(c2cccc(OC(F)(F)F)c2)C(c2ccccc2)/C1=C(/O)c1c[nH]c2ccccc12. The van der Waals surface area contributed by atoms with Crippen LogP contribution in [0.1, 0.15) is 17.2 Å². The number of aromatic amines is 1. The van der Waals surface area contributed by atoms with Gasteiger partial charge in [0.05, 0.1) is 11.6 Å². The maximum absolute atomic E-state index is 13.2. The van der Waals surface area contributed by atoms with Gasteiger partial charge in [0.25, 0.3) is 11.7 Å². The van der Waals surface area contributed by atoms with Crippen LogP contribution in [0.25, 0.3) is 16.7 Å². The van der Waals surface area contributed by atoms with Gasteiger partial charge in [0, 0.05) is 34.4 Å². The van der Waals surface area contributed by atoms with E-state index >= 15 is 0 Å². The standard InChI is InChI=1S/C26H17F3N2O4/c27-26(28,29)35-17-10-6-9-16(13-17)31-22(15-7-2-1-3-8-15)21(24(33)25(31)34)23(32)19-14-30-20-12-5-4-11-18(19)20/h1-14,22,30,32H/b23-21-. The van der Waals surface area contributed by atoms with Crippen LogP contribution in [0.2, 0.25) is 0 Å². The molecule has 2 heterocycles. The molecule has 1 atom stereocenters. The van der Waals surface area contributed by atoms with Crippen LogP contribution in [0.4, 0.5) is 18.9 Å². The van der Waals surface area contributed by atoms with Gasteiger partial charge in [-0.25, -0.2) is 0 Å². The second-order valence-electron chi connectivity index (χ2n) is 7.87. The first-order valence-corrected chi connectivity index (χ1v) is 10.5. The molecule has 4 aromatic rings. The zero-order valence-corrected chi connectivity index (χ0v) is 17.9. The van der Waals surface area contributed by atoms with Gasteiger partial charge in [0.2, 0.25) is 0 Å². The second kappa shape index (κ2) is 8.35. The van der Waals surface area contributed by atoms with E-state index in [0.717, 1.165) is 22.5 Å². The number of rotatable bonds is 4. The zero-order valence-electron chi connectivity index (χ0n) is 17.9. The molecule has 1 saturated heterocycles. The number of benzene rings is 3. The van der Waals surface area contributed by atoms with Crippen molar-refractivity contribution < 1.29 is 32.6 Å². The fourth-order valence-electron chi connectivity index (χ4n) is 4.29. The molecule has 1 unspecified atom stereocenters. The van der Waals surface area contributed by atoms with Crippen LogP contribution >= 0.6 is 0 Å². The van der Waals surface area contributed by atoms with Crippen molar-refractivity contribution in [2.45, 2.75) is 12.4 Å². The Balaban J connectivity index is 1.70. The summed E-state index contributed by atoms with van der Waals surface area (Å²) in [6.07, 6.45) is -3.39. The van der Waals surface area contributed by atoms with Gasteiger partial charge in [-0.2, -0.15) is 0 Å². The molecule has 1 fully saturated rings. The molecule has 6 nitrogen and oxygen atoms in total. The minimum absolute atomic E-state index is 0.0145. The summed E-state index contributed by atoms with van der Waals surface area (Å²) in [6.45, 7) is 0. The topological polar surface area (TPSA) is 82.6 Å². The molecule has 0 radical (unpaired) electrons. The smallest absolute Gasteiger partial charge is 0.507 e. The first-order valence-electron chi connectivity index (χ1n) is 10.5. The van der Waals surface area contributed by atoms with E-state index in [0.29, 0.717) is 16.5 Å². The van der Waals surface area contributed by atoms with Crippen LogP contribution in [-0.2, 0) is 9.59 Å². The number of ketones is 1. The first kappa shape index (κ1) is 22.3. The Kier molecular flexibility index (Phi) is 5.32. The van der Waals surface area contributed by atoms with Crippen molar-refractivity contribution in [3.05, 3.63) is 102 Å². The summed E-state index contributed by atoms with van der Waals surface area (Å²) in [5.41, 5.74) is 1.38. The summed E-state index contributed by atoms with van der Waals surface area (Å²) >= 11 is 0. The fourth-order valence-corrected chi connectivity index (χ4v) is 4.29. The number of Topliss-reactive ketones (excluding diaryl/α,β-unsaturated/α-hetero) is 1. The molecule has 0 spiro atoms. The predicted octanol–water partition coefficient (Wildman–Crippen LogP) is 5.69. The molecule has 1 aliphatic rings. The van der Waals surface area contributed by atoms with Gasteiger partial charge in [0.1, 0.15) is 11.5 Å². The molecule has 3 aromatic carbocycles. The number of hydrogen-bond donors (Lipinski definition) is 2. The van der Waals surface area contributed by atoms with Crippen molar-refractivity contribution in [1.29, 1.82) is 0 Å². The molecule has 35 heavy (non-hydrogen) atoms. The van der Waals surface area contributed by atoms with Gasteiger partial charge in [-0.15, -0.1) is 13.2 Å². The number of amides is 1. The van der Waals surface area contributed by atoms with Crippen LogP contribution < -0.4 is 9.64 Å². The molecule has 0 aliphatic carbocycles. The van der Waals surface area contributed by atoms with Gasteiger partial charge in [-0.05, 0) is 23.8 Å². The van der Waals surface area contributed by atoms with Crippen LogP contribution in [0.3, 0.4) is 0 Å². The predicted molar refractivity (Wildman–Crippen MR) is 123 cm³/mol. The third kappa shape index (κ3) is 4.01. The van der Waals surface area contributed by atoms with Crippen LogP contribution in [-0.4, -0.2) is 28.1 Å². The number of ether oxygens (including phenoxy) is 1. The number of halogens is 3. The number of hydrogen-bond acceptors (Lipinski definition) is 4. The van der Waals surface area contributed by atoms with Crippen molar-refractivity contribution in [1.82, 2.24) is 4.98 Å². The summed E-state index contributed by atoms with van der Waals surface area (Å²) < 4.78 is 42.3. The number of aromatic nitrogens is 1. The highest BCUT2D eigenvalue weighted by Gasteiger charge is 2.47. The number of fused-ring (bicyclic) bond motifs is 1. The van der Waals surface area contributed by atoms with Crippen LogP contribution in [0.15, 0.2) is 90.6 Å². The Morgan fingerprint density at radius 1 is 0.943 bits per heavy atom. The maximum atomic E-state index is 13.2. The van der Waals surface area contributed by atoms with Crippen molar-refractivity contribution in [2.75, 3.05) is 4.90 Å². The third-order valence-corrected chi connectivity index (χ3v) is 5.73. The van der Waals surface area contributed by atoms with Crippen molar-refractivity contribution in [3.8, 4) is 5.75 Å². The van der Waals surface area contributed by atoms with E-state index in [1.165, 1.54) is 18.3 Å². The Morgan fingerprint density at radius 2 is 1.66 bits per heavy atom. The number of carbonyl (C=O) groups excluding carboxylic acids is 2. The molecule has 5 rings (SSSR count). The Labute approximate surface area is 196 Å². The monoisotopic (exact) mass is 478 g/mol. The minimum atomic E-state index is -4.93. The summed E-state index contributed by atoms with van der Waals surface area (Å²) in [4.78, 5) is 30.5. The Hall–Kier alpha value is -4.53. The average molecular weight is 478 g/mol. The number of aliphatic hydroxyl groups is 1.